The van der Waals surface area contributed by atoms with E-state index in [0.29, 0.717) is 24.4 Å². The predicted octanol–water partition coefficient (Wildman–Crippen LogP) is -0.0253. The summed E-state index contributed by atoms with van der Waals surface area (Å²) in [5.41, 5.74) is 2.63. The monoisotopic (exact) mass is 264 g/mol. The molecule has 1 atom stereocenters. The van der Waals surface area contributed by atoms with Crippen LogP contribution in [-0.2, 0) is 0 Å². The standard InChI is InChI=1S/C12H20N6O/c1-8(18(2)9-3-4-9)5-15-12(19)10-6-14-7-11(16-10)17-13/h6-9H,3-5,13H2,1-2H3,(H,15,19)(H,16,17). The normalized spacial score (nSPS) is 16.2. The Balaban J connectivity index is 1.86. The van der Waals surface area contributed by atoms with Crippen LogP contribution < -0.4 is 16.6 Å². The molecule has 0 aromatic carbocycles. The zero-order chi connectivity index (χ0) is 13.8. The Morgan fingerprint density at radius 3 is 2.95 bits per heavy atom. The number of carbonyl (C=O) groups is 1. The molecule has 0 spiro atoms. The molecule has 1 aromatic heterocycles. The highest BCUT2D eigenvalue weighted by Crippen LogP contribution is 2.26. The summed E-state index contributed by atoms with van der Waals surface area (Å²) in [5.74, 6) is 5.37. The lowest BCUT2D eigenvalue weighted by Gasteiger charge is -2.24. The molecule has 7 nitrogen and oxygen atoms in total. The highest BCUT2D eigenvalue weighted by atomic mass is 16.1. The van der Waals surface area contributed by atoms with Crippen molar-refractivity contribution in [2.45, 2.75) is 31.8 Å². The number of hydrogen-bond acceptors (Lipinski definition) is 6. The summed E-state index contributed by atoms with van der Waals surface area (Å²) in [6, 6.07) is 0.983. The first-order valence-electron chi connectivity index (χ1n) is 6.40. The van der Waals surface area contributed by atoms with Crippen LogP contribution in [0.1, 0.15) is 30.3 Å². The molecule has 7 heteroatoms. The number of likely N-dealkylation sites (N-methyl/N-ethyl adjacent to an activating group) is 1. The molecule has 0 bridgehead atoms. The molecule has 1 aromatic rings. The molecular formula is C12H20N6O. The van der Waals surface area contributed by atoms with Gasteiger partial charge in [-0.3, -0.25) is 14.7 Å². The first kappa shape index (κ1) is 13.7. The van der Waals surface area contributed by atoms with Gasteiger partial charge in [0.25, 0.3) is 5.91 Å². The number of nitrogen functional groups attached to an aromatic ring is 1. The van der Waals surface area contributed by atoms with Gasteiger partial charge in [-0.15, -0.1) is 0 Å². The summed E-state index contributed by atoms with van der Waals surface area (Å²) in [4.78, 5) is 22.2. The minimum Gasteiger partial charge on any atom is -0.349 e. The van der Waals surface area contributed by atoms with Gasteiger partial charge >= 0.3 is 0 Å². The van der Waals surface area contributed by atoms with E-state index < -0.39 is 0 Å². The van der Waals surface area contributed by atoms with Crippen molar-refractivity contribution in [2.75, 3.05) is 19.0 Å². The Hall–Kier alpha value is -1.73. The van der Waals surface area contributed by atoms with Gasteiger partial charge in [-0.05, 0) is 26.8 Å². The highest BCUT2D eigenvalue weighted by Gasteiger charge is 2.29. The van der Waals surface area contributed by atoms with E-state index in [1.807, 2.05) is 0 Å². The van der Waals surface area contributed by atoms with Gasteiger partial charge < -0.3 is 10.7 Å². The van der Waals surface area contributed by atoms with Crippen LogP contribution in [-0.4, -0.2) is 46.5 Å². The summed E-state index contributed by atoms with van der Waals surface area (Å²) in [6.07, 6.45) is 5.39. The number of aromatic nitrogens is 2. The van der Waals surface area contributed by atoms with Crippen LogP contribution >= 0.6 is 0 Å². The van der Waals surface area contributed by atoms with Crippen LogP contribution in [0.25, 0.3) is 0 Å². The number of nitrogens with two attached hydrogens (primary N) is 1. The fourth-order valence-corrected chi connectivity index (χ4v) is 1.86. The van der Waals surface area contributed by atoms with E-state index in [9.17, 15) is 4.79 Å². The van der Waals surface area contributed by atoms with E-state index >= 15 is 0 Å². The smallest absolute Gasteiger partial charge is 0.271 e. The Labute approximate surface area is 112 Å². The van der Waals surface area contributed by atoms with Gasteiger partial charge in [-0.25, -0.2) is 10.8 Å². The van der Waals surface area contributed by atoms with Gasteiger partial charge in [0.05, 0.1) is 12.4 Å². The van der Waals surface area contributed by atoms with E-state index in [1.54, 1.807) is 0 Å². The molecule has 104 valence electrons. The average molecular weight is 264 g/mol. The van der Waals surface area contributed by atoms with Crippen molar-refractivity contribution >= 4 is 11.7 Å². The van der Waals surface area contributed by atoms with Crippen molar-refractivity contribution in [1.29, 1.82) is 0 Å². The summed E-state index contributed by atoms with van der Waals surface area (Å²) < 4.78 is 0. The van der Waals surface area contributed by atoms with Gasteiger partial charge in [0, 0.05) is 18.6 Å². The molecule has 1 aliphatic carbocycles. The fraction of sp³-hybridized carbons (Fsp3) is 0.583. The van der Waals surface area contributed by atoms with Crippen LogP contribution in [0.15, 0.2) is 12.4 Å². The molecule has 1 heterocycles. The second-order valence-electron chi connectivity index (χ2n) is 4.89. The lowest BCUT2D eigenvalue weighted by atomic mass is 10.3. The van der Waals surface area contributed by atoms with Crippen molar-refractivity contribution in [3.63, 3.8) is 0 Å². The van der Waals surface area contributed by atoms with E-state index in [1.165, 1.54) is 25.2 Å². The second kappa shape index (κ2) is 5.94. The van der Waals surface area contributed by atoms with Gasteiger partial charge in [0.2, 0.25) is 0 Å². The third kappa shape index (κ3) is 3.62. The zero-order valence-electron chi connectivity index (χ0n) is 11.3. The van der Waals surface area contributed by atoms with Crippen LogP contribution in [0.4, 0.5) is 5.82 Å². The number of hydrogen-bond donors (Lipinski definition) is 3. The molecule has 1 unspecified atom stereocenters. The van der Waals surface area contributed by atoms with Gasteiger partial charge in [-0.2, -0.15) is 0 Å². The lowest BCUT2D eigenvalue weighted by Crippen LogP contribution is -2.41. The molecule has 0 saturated heterocycles. The summed E-state index contributed by atoms with van der Waals surface area (Å²) in [5, 5.41) is 2.86. The third-order valence-electron chi connectivity index (χ3n) is 3.39. The molecule has 4 N–H and O–H groups in total. The van der Waals surface area contributed by atoms with E-state index in [2.05, 4.69) is 39.6 Å². The SMILES string of the molecule is CC(CNC(=O)c1cncc(NN)n1)N(C)C1CC1. The summed E-state index contributed by atoms with van der Waals surface area (Å²) >= 11 is 0. The van der Waals surface area contributed by atoms with Gasteiger partial charge in [0.1, 0.15) is 5.69 Å². The van der Waals surface area contributed by atoms with E-state index in [-0.39, 0.29) is 11.6 Å². The Morgan fingerprint density at radius 1 is 1.58 bits per heavy atom. The summed E-state index contributed by atoms with van der Waals surface area (Å²) in [6.45, 7) is 2.69. The van der Waals surface area contributed by atoms with Crippen molar-refractivity contribution in [2.24, 2.45) is 5.84 Å². The van der Waals surface area contributed by atoms with Gasteiger partial charge in [-0.1, -0.05) is 0 Å². The van der Waals surface area contributed by atoms with Crippen molar-refractivity contribution in [3.8, 4) is 0 Å². The number of nitrogens with one attached hydrogen (secondary N) is 2. The minimum atomic E-state index is -0.236. The maximum atomic E-state index is 11.9. The first-order chi connectivity index (χ1) is 9.11. The molecule has 19 heavy (non-hydrogen) atoms. The van der Waals surface area contributed by atoms with Crippen LogP contribution in [0.5, 0.6) is 0 Å². The number of carbonyl (C=O) groups excluding carboxylic acids is 1. The predicted molar refractivity (Wildman–Crippen MR) is 72.4 cm³/mol. The van der Waals surface area contributed by atoms with Crippen molar-refractivity contribution in [1.82, 2.24) is 20.2 Å². The number of anilines is 1. The third-order valence-corrected chi connectivity index (χ3v) is 3.39. The second-order valence-corrected chi connectivity index (χ2v) is 4.89. The van der Waals surface area contributed by atoms with Crippen LogP contribution in [0, 0.1) is 0 Å². The van der Waals surface area contributed by atoms with Crippen LogP contribution in [0.2, 0.25) is 0 Å². The number of amides is 1. The van der Waals surface area contributed by atoms with Crippen molar-refractivity contribution in [3.05, 3.63) is 18.1 Å². The quantitative estimate of drug-likeness (QED) is 0.493. The average Bonchev–Trinajstić information content (AvgIpc) is 3.28. The lowest BCUT2D eigenvalue weighted by molar-refractivity contribution is 0.0934. The Bertz CT molecular complexity index is 448. The highest BCUT2D eigenvalue weighted by molar-refractivity contribution is 5.92. The Kier molecular flexibility index (Phi) is 4.28. The molecular weight excluding hydrogens is 244 g/mol. The molecule has 1 saturated carbocycles. The molecule has 1 amide bonds. The zero-order valence-corrected chi connectivity index (χ0v) is 11.3. The molecule has 0 radical (unpaired) electrons. The van der Waals surface area contributed by atoms with Crippen LogP contribution in [0.3, 0.4) is 0 Å². The fourth-order valence-electron chi connectivity index (χ4n) is 1.86. The topological polar surface area (TPSA) is 96.2 Å². The molecule has 1 aliphatic rings. The molecule has 1 fully saturated rings. The molecule has 0 aliphatic heterocycles. The first-order valence-corrected chi connectivity index (χ1v) is 6.40. The summed E-state index contributed by atoms with van der Waals surface area (Å²) in [7, 11) is 2.09. The Morgan fingerprint density at radius 2 is 2.32 bits per heavy atom. The number of nitrogens with zero attached hydrogens (tertiary/aromatic N) is 3. The van der Waals surface area contributed by atoms with Gasteiger partial charge in [0.15, 0.2) is 5.82 Å². The van der Waals surface area contributed by atoms with E-state index in [4.69, 9.17) is 5.84 Å². The van der Waals surface area contributed by atoms with E-state index in [0.717, 1.165) is 0 Å². The minimum absolute atomic E-state index is 0.236. The number of hydrazine groups is 1. The maximum absolute atomic E-state index is 11.9. The maximum Gasteiger partial charge on any atom is 0.271 e. The molecule has 2 rings (SSSR count). The largest absolute Gasteiger partial charge is 0.349 e. The van der Waals surface area contributed by atoms with Crippen molar-refractivity contribution < 1.29 is 4.79 Å². The number of rotatable bonds is 6.